The Hall–Kier alpha value is -1.91. The van der Waals surface area contributed by atoms with E-state index in [1.165, 1.54) is 0 Å². The number of aromatic nitrogens is 1. The average molecular weight is 248 g/mol. The number of hydrogen-bond acceptors (Lipinski definition) is 3. The van der Waals surface area contributed by atoms with Crippen LogP contribution in [0.4, 0.5) is 0 Å². The molecule has 0 spiro atoms. The van der Waals surface area contributed by atoms with E-state index in [9.17, 15) is 9.59 Å². The van der Waals surface area contributed by atoms with E-state index in [4.69, 9.17) is 5.11 Å². The van der Waals surface area contributed by atoms with E-state index in [1.54, 1.807) is 18.5 Å². The smallest absolute Gasteiger partial charge is 0.307 e. The molecule has 2 atom stereocenters. The Morgan fingerprint density at radius 1 is 1.39 bits per heavy atom. The molecule has 5 nitrogen and oxygen atoms in total. The number of aliphatic carboxylic acids is 1. The third-order valence-corrected chi connectivity index (χ3v) is 3.36. The molecule has 1 saturated carbocycles. The standard InChI is InChI=1S/C13H16N2O3/c16-12(10-4-1-5-11(10)13(17)18)15-8-9-3-2-6-14-7-9/h2-3,6-7,10-11H,1,4-5,8H2,(H,15,16)(H,17,18)/t10-,11+/m1/s1. The molecule has 1 aromatic heterocycles. The van der Waals surface area contributed by atoms with Gasteiger partial charge in [0.25, 0.3) is 0 Å². The molecule has 1 fully saturated rings. The Balaban J connectivity index is 1.90. The van der Waals surface area contributed by atoms with Crippen LogP contribution in [0.5, 0.6) is 0 Å². The van der Waals surface area contributed by atoms with Crippen molar-refractivity contribution in [1.82, 2.24) is 10.3 Å². The fraction of sp³-hybridized carbons (Fsp3) is 0.462. The highest BCUT2D eigenvalue weighted by molar-refractivity contribution is 5.85. The fourth-order valence-corrected chi connectivity index (χ4v) is 2.39. The SMILES string of the molecule is O=C(O)[C@H]1CCC[C@H]1C(=O)NCc1cccnc1. The summed E-state index contributed by atoms with van der Waals surface area (Å²) in [5.74, 6) is -1.95. The summed E-state index contributed by atoms with van der Waals surface area (Å²) in [4.78, 5) is 26.9. The number of carboxylic acid groups (broad SMARTS) is 1. The van der Waals surface area contributed by atoms with E-state index in [-0.39, 0.29) is 11.8 Å². The first kappa shape index (κ1) is 12.5. The summed E-state index contributed by atoms with van der Waals surface area (Å²) in [5, 5.41) is 11.8. The lowest BCUT2D eigenvalue weighted by molar-refractivity contribution is -0.146. The molecule has 96 valence electrons. The van der Waals surface area contributed by atoms with E-state index in [0.29, 0.717) is 19.4 Å². The van der Waals surface area contributed by atoms with Crippen LogP contribution in [0.15, 0.2) is 24.5 Å². The van der Waals surface area contributed by atoms with E-state index in [0.717, 1.165) is 12.0 Å². The van der Waals surface area contributed by atoms with Gasteiger partial charge in [0.05, 0.1) is 11.8 Å². The summed E-state index contributed by atoms with van der Waals surface area (Å²) in [5.41, 5.74) is 0.913. The molecular weight excluding hydrogens is 232 g/mol. The first-order chi connectivity index (χ1) is 8.68. The summed E-state index contributed by atoms with van der Waals surface area (Å²) in [6.07, 6.45) is 5.42. The average Bonchev–Trinajstić information content (AvgIpc) is 2.86. The van der Waals surface area contributed by atoms with Gasteiger partial charge >= 0.3 is 5.97 Å². The lowest BCUT2D eigenvalue weighted by atomic mass is 9.95. The zero-order valence-electron chi connectivity index (χ0n) is 10.0. The second-order valence-electron chi connectivity index (χ2n) is 4.56. The summed E-state index contributed by atoms with van der Waals surface area (Å²) < 4.78 is 0. The van der Waals surface area contributed by atoms with Gasteiger partial charge in [-0.3, -0.25) is 14.6 Å². The maximum absolute atomic E-state index is 11.9. The van der Waals surface area contributed by atoms with E-state index in [1.807, 2.05) is 6.07 Å². The molecule has 2 rings (SSSR count). The van der Waals surface area contributed by atoms with Gasteiger partial charge in [-0.15, -0.1) is 0 Å². The number of carbonyl (C=O) groups excluding carboxylic acids is 1. The van der Waals surface area contributed by atoms with Crippen LogP contribution in [-0.2, 0) is 16.1 Å². The minimum absolute atomic E-state index is 0.163. The Morgan fingerprint density at radius 2 is 2.17 bits per heavy atom. The quantitative estimate of drug-likeness (QED) is 0.839. The van der Waals surface area contributed by atoms with E-state index < -0.39 is 11.9 Å². The lowest BCUT2D eigenvalue weighted by Crippen LogP contribution is -2.34. The fourth-order valence-electron chi connectivity index (χ4n) is 2.39. The Morgan fingerprint density at radius 3 is 2.83 bits per heavy atom. The van der Waals surface area contributed by atoms with Crippen LogP contribution in [0.3, 0.4) is 0 Å². The lowest BCUT2D eigenvalue weighted by Gasteiger charge is -2.15. The van der Waals surface area contributed by atoms with Gasteiger partial charge in [0.15, 0.2) is 0 Å². The van der Waals surface area contributed by atoms with Crippen molar-refractivity contribution < 1.29 is 14.7 Å². The Labute approximate surface area is 105 Å². The van der Waals surface area contributed by atoms with Gasteiger partial charge in [-0.1, -0.05) is 12.5 Å². The third-order valence-electron chi connectivity index (χ3n) is 3.36. The van der Waals surface area contributed by atoms with Crippen LogP contribution in [0.2, 0.25) is 0 Å². The Kier molecular flexibility index (Phi) is 3.92. The summed E-state index contributed by atoms with van der Waals surface area (Å²) in [6.45, 7) is 0.398. The first-order valence-electron chi connectivity index (χ1n) is 6.08. The van der Waals surface area contributed by atoms with Crippen molar-refractivity contribution in [2.45, 2.75) is 25.8 Å². The molecule has 0 radical (unpaired) electrons. The molecule has 5 heteroatoms. The van der Waals surface area contributed by atoms with Crippen LogP contribution in [-0.4, -0.2) is 22.0 Å². The van der Waals surface area contributed by atoms with Crippen molar-refractivity contribution in [3.8, 4) is 0 Å². The van der Waals surface area contributed by atoms with Crippen molar-refractivity contribution in [2.75, 3.05) is 0 Å². The molecule has 1 heterocycles. The van der Waals surface area contributed by atoms with Crippen LogP contribution in [0.25, 0.3) is 0 Å². The highest BCUT2D eigenvalue weighted by atomic mass is 16.4. The third kappa shape index (κ3) is 2.85. The zero-order chi connectivity index (χ0) is 13.0. The maximum Gasteiger partial charge on any atom is 0.307 e. The zero-order valence-corrected chi connectivity index (χ0v) is 10.0. The molecule has 0 unspecified atom stereocenters. The van der Waals surface area contributed by atoms with Crippen LogP contribution < -0.4 is 5.32 Å². The molecule has 18 heavy (non-hydrogen) atoms. The summed E-state index contributed by atoms with van der Waals surface area (Å²) >= 11 is 0. The molecule has 0 aliphatic heterocycles. The molecule has 1 amide bonds. The van der Waals surface area contributed by atoms with Gasteiger partial charge in [-0.25, -0.2) is 0 Å². The number of pyridine rings is 1. The van der Waals surface area contributed by atoms with E-state index in [2.05, 4.69) is 10.3 Å². The highest BCUT2D eigenvalue weighted by Crippen LogP contribution is 2.32. The van der Waals surface area contributed by atoms with Gasteiger partial charge in [0, 0.05) is 18.9 Å². The monoisotopic (exact) mass is 248 g/mol. The van der Waals surface area contributed by atoms with Crippen molar-refractivity contribution in [3.63, 3.8) is 0 Å². The largest absolute Gasteiger partial charge is 0.481 e. The first-order valence-corrected chi connectivity index (χ1v) is 6.08. The minimum Gasteiger partial charge on any atom is -0.481 e. The van der Waals surface area contributed by atoms with Crippen molar-refractivity contribution in [2.24, 2.45) is 11.8 Å². The van der Waals surface area contributed by atoms with Gasteiger partial charge in [-0.2, -0.15) is 0 Å². The Bertz CT molecular complexity index is 433. The number of carboxylic acids is 1. The number of nitrogens with zero attached hydrogens (tertiary/aromatic N) is 1. The van der Waals surface area contributed by atoms with Crippen LogP contribution >= 0.6 is 0 Å². The van der Waals surface area contributed by atoms with Crippen molar-refractivity contribution >= 4 is 11.9 Å². The van der Waals surface area contributed by atoms with E-state index >= 15 is 0 Å². The summed E-state index contributed by atoms with van der Waals surface area (Å²) in [6, 6.07) is 3.67. The number of rotatable bonds is 4. The number of amides is 1. The topological polar surface area (TPSA) is 79.3 Å². The second-order valence-corrected chi connectivity index (χ2v) is 4.56. The molecule has 0 aromatic carbocycles. The van der Waals surface area contributed by atoms with Gasteiger partial charge in [0.1, 0.15) is 0 Å². The molecule has 1 aromatic rings. The van der Waals surface area contributed by atoms with Gasteiger partial charge in [0.2, 0.25) is 5.91 Å². The number of hydrogen-bond donors (Lipinski definition) is 2. The van der Waals surface area contributed by atoms with Crippen molar-refractivity contribution in [1.29, 1.82) is 0 Å². The van der Waals surface area contributed by atoms with Crippen LogP contribution in [0.1, 0.15) is 24.8 Å². The predicted molar refractivity (Wildman–Crippen MR) is 64.6 cm³/mol. The van der Waals surface area contributed by atoms with Crippen LogP contribution in [0, 0.1) is 11.8 Å². The minimum atomic E-state index is -0.867. The highest BCUT2D eigenvalue weighted by Gasteiger charge is 2.37. The van der Waals surface area contributed by atoms with Gasteiger partial charge in [-0.05, 0) is 24.5 Å². The molecule has 0 bridgehead atoms. The normalized spacial score (nSPS) is 22.7. The van der Waals surface area contributed by atoms with Crippen molar-refractivity contribution in [3.05, 3.63) is 30.1 Å². The predicted octanol–water partition coefficient (Wildman–Crippen LogP) is 1.20. The maximum atomic E-state index is 11.9. The molecule has 0 saturated heterocycles. The molecule has 1 aliphatic carbocycles. The number of carbonyl (C=O) groups is 2. The molecule has 1 aliphatic rings. The second kappa shape index (κ2) is 5.62. The molecular formula is C13H16N2O3. The summed E-state index contributed by atoms with van der Waals surface area (Å²) in [7, 11) is 0. The van der Waals surface area contributed by atoms with Gasteiger partial charge < -0.3 is 10.4 Å². The number of nitrogens with one attached hydrogen (secondary N) is 1. The molecule has 2 N–H and O–H groups in total.